The first-order valence-electron chi connectivity index (χ1n) is 8.16. The number of hydrogen-bond donors (Lipinski definition) is 2. The molecule has 2 N–H and O–H groups in total. The number of rotatable bonds is 11. The molecule has 0 rings (SSSR count). The molecule has 0 aliphatic carbocycles. The second-order valence-corrected chi connectivity index (χ2v) is 6.50. The Bertz CT molecular complexity index is 346. The van der Waals surface area contributed by atoms with Gasteiger partial charge in [-0.25, -0.2) is 9.59 Å². The van der Waals surface area contributed by atoms with Crippen molar-refractivity contribution in [2.75, 3.05) is 33.7 Å². The highest BCUT2D eigenvalue weighted by atomic mass is 16.4. The standard InChI is InChI=1S/C16H33N3O3/c1-6-7-8-9-10-11-18(4)12-13-19(5)15(22)17-16(2,3)14(20)21/h6-13H2,1-5H3,(H,17,22)(H,20,21). The smallest absolute Gasteiger partial charge is 0.328 e. The van der Waals surface area contributed by atoms with Crippen molar-refractivity contribution in [3.8, 4) is 0 Å². The number of carbonyl (C=O) groups is 2. The number of nitrogens with one attached hydrogen (secondary N) is 1. The molecule has 6 heteroatoms. The molecule has 0 saturated carbocycles. The SMILES string of the molecule is CCCCCCCN(C)CCN(C)C(=O)NC(C)(C)C(=O)O. The van der Waals surface area contributed by atoms with E-state index in [4.69, 9.17) is 5.11 Å². The molecule has 0 saturated heterocycles. The summed E-state index contributed by atoms with van der Waals surface area (Å²) in [6.45, 7) is 7.55. The maximum Gasteiger partial charge on any atom is 0.328 e. The van der Waals surface area contributed by atoms with Gasteiger partial charge >= 0.3 is 12.0 Å². The minimum atomic E-state index is -1.25. The fraction of sp³-hybridized carbons (Fsp3) is 0.875. The molecule has 130 valence electrons. The molecule has 0 aromatic heterocycles. The summed E-state index contributed by atoms with van der Waals surface area (Å²) in [5.41, 5.74) is -1.25. The van der Waals surface area contributed by atoms with Crippen LogP contribution < -0.4 is 5.32 Å². The second kappa shape index (κ2) is 10.4. The van der Waals surface area contributed by atoms with Crippen molar-refractivity contribution in [3.05, 3.63) is 0 Å². The fourth-order valence-electron chi connectivity index (χ4n) is 1.94. The number of nitrogens with zero attached hydrogens (tertiary/aromatic N) is 2. The summed E-state index contributed by atoms with van der Waals surface area (Å²) in [6, 6.07) is -0.358. The molecule has 6 nitrogen and oxygen atoms in total. The van der Waals surface area contributed by atoms with E-state index in [1.807, 2.05) is 7.05 Å². The number of urea groups is 1. The summed E-state index contributed by atoms with van der Waals surface area (Å²) in [5, 5.41) is 11.5. The third-order valence-electron chi connectivity index (χ3n) is 3.76. The Hall–Kier alpha value is -1.30. The van der Waals surface area contributed by atoms with Gasteiger partial charge in [0.1, 0.15) is 5.54 Å². The number of carbonyl (C=O) groups excluding carboxylic acids is 1. The number of carboxylic acids is 1. The maximum atomic E-state index is 11.9. The van der Waals surface area contributed by atoms with Gasteiger partial charge in [0.25, 0.3) is 0 Å². The third-order valence-corrected chi connectivity index (χ3v) is 3.76. The lowest BCUT2D eigenvalue weighted by molar-refractivity contribution is -0.143. The maximum absolute atomic E-state index is 11.9. The van der Waals surface area contributed by atoms with Gasteiger partial charge in [0.05, 0.1) is 0 Å². The number of carboxylic acid groups (broad SMARTS) is 1. The Labute approximate surface area is 134 Å². The molecule has 0 unspecified atom stereocenters. The summed E-state index contributed by atoms with van der Waals surface area (Å²) < 4.78 is 0. The molecular weight excluding hydrogens is 282 g/mol. The van der Waals surface area contributed by atoms with E-state index in [2.05, 4.69) is 17.1 Å². The lowest BCUT2D eigenvalue weighted by atomic mass is 10.1. The number of likely N-dealkylation sites (N-methyl/N-ethyl adjacent to an activating group) is 2. The van der Waals surface area contributed by atoms with Crippen LogP contribution >= 0.6 is 0 Å². The molecule has 0 aliphatic rings. The van der Waals surface area contributed by atoms with Crippen LogP contribution in [0.4, 0.5) is 4.79 Å². The molecule has 0 heterocycles. The van der Waals surface area contributed by atoms with Gasteiger partial charge in [-0.05, 0) is 33.9 Å². The second-order valence-electron chi connectivity index (χ2n) is 6.50. The molecule has 0 aliphatic heterocycles. The van der Waals surface area contributed by atoms with Gasteiger partial charge in [0.15, 0.2) is 0 Å². The van der Waals surface area contributed by atoms with Gasteiger partial charge in [-0.2, -0.15) is 0 Å². The van der Waals surface area contributed by atoms with Gasteiger partial charge in [0.2, 0.25) is 0 Å². The first-order valence-corrected chi connectivity index (χ1v) is 8.16. The summed E-state index contributed by atoms with van der Waals surface area (Å²) in [6.07, 6.45) is 6.27. The highest BCUT2D eigenvalue weighted by Gasteiger charge is 2.29. The highest BCUT2D eigenvalue weighted by Crippen LogP contribution is 2.04. The van der Waals surface area contributed by atoms with E-state index in [-0.39, 0.29) is 6.03 Å². The summed E-state index contributed by atoms with van der Waals surface area (Å²) in [4.78, 5) is 26.7. The Balaban J connectivity index is 3.94. The Morgan fingerprint density at radius 3 is 2.14 bits per heavy atom. The molecule has 0 fully saturated rings. The quantitative estimate of drug-likeness (QED) is 0.574. The van der Waals surface area contributed by atoms with Crippen LogP contribution in [-0.2, 0) is 4.79 Å². The Kier molecular flexibility index (Phi) is 9.81. The summed E-state index contributed by atoms with van der Waals surface area (Å²) in [7, 11) is 3.73. The molecular formula is C16H33N3O3. The lowest BCUT2D eigenvalue weighted by Gasteiger charge is -2.27. The van der Waals surface area contributed by atoms with Gasteiger partial charge in [0, 0.05) is 20.1 Å². The van der Waals surface area contributed by atoms with Crippen molar-refractivity contribution in [2.45, 2.75) is 58.4 Å². The zero-order valence-electron chi connectivity index (χ0n) is 14.8. The summed E-state index contributed by atoms with van der Waals surface area (Å²) in [5.74, 6) is -1.04. The van der Waals surface area contributed by atoms with Crippen LogP contribution in [0.25, 0.3) is 0 Å². The van der Waals surface area contributed by atoms with Crippen LogP contribution in [0, 0.1) is 0 Å². The Morgan fingerprint density at radius 1 is 1.00 bits per heavy atom. The van der Waals surface area contributed by atoms with Gasteiger partial charge in [-0.15, -0.1) is 0 Å². The predicted octanol–water partition coefficient (Wildman–Crippen LogP) is 2.39. The van der Waals surface area contributed by atoms with E-state index in [0.717, 1.165) is 13.1 Å². The van der Waals surface area contributed by atoms with Crippen LogP contribution in [0.3, 0.4) is 0 Å². The zero-order chi connectivity index (χ0) is 17.2. The van der Waals surface area contributed by atoms with Gasteiger partial charge < -0.3 is 20.2 Å². The van der Waals surface area contributed by atoms with Crippen LogP contribution in [0.2, 0.25) is 0 Å². The van der Waals surface area contributed by atoms with Crippen molar-refractivity contribution in [3.63, 3.8) is 0 Å². The van der Waals surface area contributed by atoms with E-state index in [1.165, 1.54) is 50.9 Å². The average molecular weight is 315 g/mol. The van der Waals surface area contributed by atoms with Crippen molar-refractivity contribution in [1.29, 1.82) is 0 Å². The van der Waals surface area contributed by atoms with E-state index >= 15 is 0 Å². The number of unbranched alkanes of at least 4 members (excludes halogenated alkanes) is 4. The lowest BCUT2D eigenvalue weighted by Crippen LogP contribution is -2.54. The van der Waals surface area contributed by atoms with Crippen LogP contribution in [0.15, 0.2) is 0 Å². The first kappa shape index (κ1) is 20.7. The van der Waals surface area contributed by atoms with Crippen LogP contribution in [-0.4, -0.2) is 66.2 Å². The largest absolute Gasteiger partial charge is 0.480 e. The average Bonchev–Trinajstić information content (AvgIpc) is 2.43. The van der Waals surface area contributed by atoms with E-state index < -0.39 is 11.5 Å². The molecule has 2 amide bonds. The van der Waals surface area contributed by atoms with E-state index in [0.29, 0.717) is 6.54 Å². The highest BCUT2D eigenvalue weighted by molar-refractivity contribution is 5.85. The monoisotopic (exact) mass is 315 g/mol. The Morgan fingerprint density at radius 2 is 1.59 bits per heavy atom. The van der Waals surface area contributed by atoms with Gasteiger partial charge in [-0.3, -0.25) is 0 Å². The third kappa shape index (κ3) is 8.87. The predicted molar refractivity (Wildman–Crippen MR) is 89.1 cm³/mol. The molecule has 0 aromatic rings. The normalized spacial score (nSPS) is 11.5. The summed E-state index contributed by atoms with van der Waals surface area (Å²) >= 11 is 0. The van der Waals surface area contributed by atoms with E-state index in [9.17, 15) is 9.59 Å². The first-order chi connectivity index (χ1) is 10.2. The number of amides is 2. The van der Waals surface area contributed by atoms with Crippen molar-refractivity contribution < 1.29 is 14.7 Å². The molecule has 0 aromatic carbocycles. The minimum absolute atomic E-state index is 0.358. The molecule has 0 spiro atoms. The van der Waals surface area contributed by atoms with Crippen LogP contribution in [0.1, 0.15) is 52.9 Å². The molecule has 0 radical (unpaired) electrons. The minimum Gasteiger partial charge on any atom is -0.480 e. The molecule has 0 atom stereocenters. The van der Waals surface area contributed by atoms with Crippen molar-refractivity contribution in [1.82, 2.24) is 15.1 Å². The fourth-order valence-corrected chi connectivity index (χ4v) is 1.94. The number of hydrogen-bond acceptors (Lipinski definition) is 3. The van der Waals surface area contributed by atoms with E-state index in [1.54, 1.807) is 7.05 Å². The molecule has 0 bridgehead atoms. The number of aliphatic carboxylic acids is 1. The van der Waals surface area contributed by atoms with Gasteiger partial charge in [-0.1, -0.05) is 32.6 Å². The van der Waals surface area contributed by atoms with Crippen molar-refractivity contribution >= 4 is 12.0 Å². The topological polar surface area (TPSA) is 72.9 Å². The molecule has 22 heavy (non-hydrogen) atoms. The zero-order valence-corrected chi connectivity index (χ0v) is 14.8. The van der Waals surface area contributed by atoms with Crippen molar-refractivity contribution in [2.24, 2.45) is 0 Å². The van der Waals surface area contributed by atoms with Crippen LogP contribution in [0.5, 0.6) is 0 Å².